The predicted molar refractivity (Wildman–Crippen MR) is 127 cm³/mol. The number of carbonyl (C=O) groups excluding carboxylic acids is 2. The van der Waals surface area contributed by atoms with Crippen LogP contribution < -0.4 is 4.74 Å². The molecule has 0 spiro atoms. The van der Waals surface area contributed by atoms with Crippen molar-refractivity contribution in [2.75, 3.05) is 7.11 Å². The third-order valence-electron chi connectivity index (χ3n) is 7.75. The lowest BCUT2D eigenvalue weighted by Crippen LogP contribution is -2.56. The van der Waals surface area contributed by atoms with E-state index in [2.05, 4.69) is 13.8 Å². The van der Waals surface area contributed by atoms with Crippen molar-refractivity contribution in [3.8, 4) is 11.5 Å². The van der Waals surface area contributed by atoms with Crippen molar-refractivity contribution in [2.24, 2.45) is 11.3 Å². The van der Waals surface area contributed by atoms with Gasteiger partial charge in [-0.1, -0.05) is 64.4 Å². The molecule has 5 heteroatoms. The molecule has 2 aromatic carbocycles. The van der Waals surface area contributed by atoms with Crippen molar-refractivity contribution < 1.29 is 24.2 Å². The van der Waals surface area contributed by atoms with Crippen LogP contribution in [0, 0.1) is 11.3 Å². The summed E-state index contributed by atoms with van der Waals surface area (Å²) >= 11 is 0. The third kappa shape index (κ3) is 3.71. The number of ketones is 1. The second kappa shape index (κ2) is 8.51. The van der Waals surface area contributed by atoms with Crippen LogP contribution in [0.5, 0.6) is 11.5 Å². The van der Waals surface area contributed by atoms with Gasteiger partial charge in [-0.25, -0.2) is 0 Å². The Bertz CT molecular complexity index is 1070. The van der Waals surface area contributed by atoms with Gasteiger partial charge < -0.3 is 14.6 Å². The first-order valence-electron chi connectivity index (χ1n) is 11.8. The van der Waals surface area contributed by atoms with E-state index in [1.54, 1.807) is 6.07 Å². The molecule has 2 aromatic rings. The highest BCUT2D eigenvalue weighted by Crippen LogP contribution is 2.61. The largest absolute Gasteiger partial charge is 0.504 e. The second-order valence-corrected chi connectivity index (χ2v) is 10.5. The summed E-state index contributed by atoms with van der Waals surface area (Å²) in [7, 11) is 1.40. The first-order chi connectivity index (χ1) is 15.6. The normalized spacial score (nSPS) is 23.6. The SMILES string of the molecule is COC(=O)[C@]12CCCC(C)(C)[C@@H]1CC(=O)c1cc(C(C)C)c(O)c(OCc3ccccc3)c12. The molecule has 2 atom stereocenters. The summed E-state index contributed by atoms with van der Waals surface area (Å²) in [6, 6.07) is 11.5. The maximum absolute atomic E-state index is 13.6. The average Bonchev–Trinajstić information content (AvgIpc) is 2.78. The van der Waals surface area contributed by atoms with Crippen LogP contribution in [0.25, 0.3) is 0 Å². The Morgan fingerprint density at radius 2 is 1.88 bits per heavy atom. The van der Waals surface area contributed by atoms with Gasteiger partial charge in [-0.15, -0.1) is 0 Å². The second-order valence-electron chi connectivity index (χ2n) is 10.5. The zero-order chi connectivity index (χ0) is 24.0. The summed E-state index contributed by atoms with van der Waals surface area (Å²) in [5.74, 6) is -0.335. The fourth-order valence-corrected chi connectivity index (χ4v) is 6.05. The van der Waals surface area contributed by atoms with Gasteiger partial charge in [-0.3, -0.25) is 9.59 Å². The number of benzene rings is 2. The molecule has 4 rings (SSSR count). The molecular weight excluding hydrogens is 416 g/mol. The highest BCUT2D eigenvalue weighted by molar-refractivity contribution is 6.05. The maximum atomic E-state index is 13.6. The smallest absolute Gasteiger partial charge is 0.316 e. The van der Waals surface area contributed by atoms with Crippen LogP contribution in [0.2, 0.25) is 0 Å². The average molecular weight is 451 g/mol. The van der Waals surface area contributed by atoms with Crippen LogP contribution >= 0.6 is 0 Å². The molecule has 0 saturated heterocycles. The number of methoxy groups -OCH3 is 1. The van der Waals surface area contributed by atoms with Crippen LogP contribution in [0.15, 0.2) is 36.4 Å². The first-order valence-corrected chi connectivity index (χ1v) is 11.8. The van der Waals surface area contributed by atoms with Gasteiger partial charge in [0.05, 0.1) is 7.11 Å². The van der Waals surface area contributed by atoms with E-state index >= 15 is 0 Å². The number of phenols is 1. The number of rotatable bonds is 5. The molecule has 2 aliphatic rings. The van der Waals surface area contributed by atoms with Crippen molar-refractivity contribution in [3.05, 3.63) is 58.7 Å². The zero-order valence-corrected chi connectivity index (χ0v) is 20.2. The summed E-state index contributed by atoms with van der Waals surface area (Å²) in [6.45, 7) is 8.41. The standard InChI is InChI=1S/C28H34O5/c1-17(2)19-14-20-21(29)15-22-27(3,4)12-9-13-28(22,26(31)32-5)23(20)25(24(19)30)33-16-18-10-7-6-8-11-18/h6-8,10-11,14,17,22,30H,9,12-13,15-16H2,1-5H3/t22-,28+/m0/s1. The number of esters is 1. The van der Waals surface area contributed by atoms with E-state index in [1.165, 1.54) is 7.11 Å². The number of hydrogen-bond donors (Lipinski definition) is 1. The van der Waals surface area contributed by atoms with Gasteiger partial charge in [0.2, 0.25) is 0 Å². The van der Waals surface area contributed by atoms with E-state index in [9.17, 15) is 14.7 Å². The summed E-state index contributed by atoms with van der Waals surface area (Å²) in [6.07, 6.45) is 2.61. The number of ether oxygens (including phenoxy) is 2. The lowest BCUT2D eigenvalue weighted by atomic mass is 9.49. The van der Waals surface area contributed by atoms with E-state index in [-0.39, 0.29) is 53.5 Å². The molecule has 0 aliphatic heterocycles. The Kier molecular flexibility index (Phi) is 6.02. The number of aromatic hydroxyl groups is 1. The fourth-order valence-electron chi connectivity index (χ4n) is 6.05. The molecule has 2 aliphatic carbocycles. The Labute approximate surface area is 196 Å². The number of carbonyl (C=O) groups is 2. The molecule has 1 N–H and O–H groups in total. The monoisotopic (exact) mass is 450 g/mol. The zero-order valence-electron chi connectivity index (χ0n) is 20.2. The molecule has 0 radical (unpaired) electrons. The van der Waals surface area contributed by atoms with E-state index in [1.807, 2.05) is 44.2 Å². The fraction of sp³-hybridized carbons (Fsp3) is 0.500. The quantitative estimate of drug-likeness (QED) is 0.573. The highest BCUT2D eigenvalue weighted by atomic mass is 16.5. The Morgan fingerprint density at radius 3 is 2.52 bits per heavy atom. The molecule has 0 bridgehead atoms. The van der Waals surface area contributed by atoms with Crippen LogP contribution in [0.4, 0.5) is 0 Å². The summed E-state index contributed by atoms with van der Waals surface area (Å²) in [4.78, 5) is 27.1. The Hall–Kier alpha value is -2.82. The number of hydrogen-bond acceptors (Lipinski definition) is 5. The van der Waals surface area contributed by atoms with Gasteiger partial charge in [0.15, 0.2) is 17.3 Å². The van der Waals surface area contributed by atoms with Crippen LogP contribution in [-0.4, -0.2) is 24.0 Å². The molecule has 176 valence electrons. The molecule has 5 nitrogen and oxygen atoms in total. The van der Waals surface area contributed by atoms with Gasteiger partial charge in [-0.2, -0.15) is 0 Å². The lowest BCUT2D eigenvalue weighted by molar-refractivity contribution is -0.156. The van der Waals surface area contributed by atoms with E-state index in [0.717, 1.165) is 18.4 Å². The van der Waals surface area contributed by atoms with Gasteiger partial charge in [0.1, 0.15) is 12.0 Å². The minimum atomic E-state index is -1.03. The molecular formula is C28H34O5. The molecule has 33 heavy (non-hydrogen) atoms. The Balaban J connectivity index is 1.99. The number of phenolic OH excluding ortho intramolecular Hbond substituents is 1. The first kappa shape index (κ1) is 23.3. The predicted octanol–water partition coefficient (Wildman–Crippen LogP) is 5.92. The highest BCUT2D eigenvalue weighted by Gasteiger charge is 2.61. The molecule has 1 fully saturated rings. The van der Waals surface area contributed by atoms with Crippen molar-refractivity contribution in [2.45, 2.75) is 71.3 Å². The van der Waals surface area contributed by atoms with Crippen molar-refractivity contribution in [3.63, 3.8) is 0 Å². The molecule has 0 aromatic heterocycles. The van der Waals surface area contributed by atoms with Crippen LogP contribution in [-0.2, 0) is 21.6 Å². The minimum Gasteiger partial charge on any atom is -0.504 e. The topological polar surface area (TPSA) is 72.8 Å². The summed E-state index contributed by atoms with van der Waals surface area (Å²) < 4.78 is 11.7. The Morgan fingerprint density at radius 1 is 1.18 bits per heavy atom. The molecule has 0 heterocycles. The molecule has 0 amide bonds. The van der Waals surface area contributed by atoms with Gasteiger partial charge in [0.25, 0.3) is 0 Å². The third-order valence-corrected chi connectivity index (χ3v) is 7.75. The van der Waals surface area contributed by atoms with Gasteiger partial charge >= 0.3 is 5.97 Å². The lowest BCUT2D eigenvalue weighted by Gasteiger charge is -2.53. The minimum absolute atomic E-state index is 0.00374. The van der Waals surface area contributed by atoms with Crippen LogP contribution in [0.3, 0.4) is 0 Å². The van der Waals surface area contributed by atoms with Crippen molar-refractivity contribution in [1.82, 2.24) is 0 Å². The van der Waals surface area contributed by atoms with Gasteiger partial charge in [-0.05, 0) is 41.7 Å². The number of Topliss-reactive ketones (excluding diaryl/α,β-unsaturated/α-hetero) is 1. The molecule has 0 unspecified atom stereocenters. The van der Waals surface area contributed by atoms with Crippen molar-refractivity contribution in [1.29, 1.82) is 0 Å². The molecule has 1 saturated carbocycles. The maximum Gasteiger partial charge on any atom is 0.316 e. The van der Waals surface area contributed by atoms with Crippen molar-refractivity contribution >= 4 is 11.8 Å². The van der Waals surface area contributed by atoms with E-state index in [0.29, 0.717) is 23.1 Å². The van der Waals surface area contributed by atoms with Crippen LogP contribution in [0.1, 0.15) is 86.3 Å². The number of fused-ring (bicyclic) bond motifs is 3. The van der Waals surface area contributed by atoms with E-state index in [4.69, 9.17) is 9.47 Å². The van der Waals surface area contributed by atoms with Gasteiger partial charge in [0, 0.05) is 23.1 Å². The van der Waals surface area contributed by atoms with E-state index < -0.39 is 5.41 Å². The summed E-state index contributed by atoms with van der Waals surface area (Å²) in [5, 5.41) is 11.4. The summed E-state index contributed by atoms with van der Waals surface area (Å²) in [5.41, 5.74) is 1.33.